The maximum absolute atomic E-state index is 12.3. The van der Waals surface area contributed by atoms with Crippen molar-refractivity contribution in [3.8, 4) is 0 Å². The van der Waals surface area contributed by atoms with E-state index in [1.807, 2.05) is 6.92 Å². The highest BCUT2D eigenvalue weighted by Crippen LogP contribution is 2.70. The van der Waals surface area contributed by atoms with Crippen molar-refractivity contribution in [2.75, 3.05) is 0 Å². The Kier molecular flexibility index (Phi) is 6.07. The normalized spacial score (nSPS) is 51.6. The van der Waals surface area contributed by atoms with Crippen molar-refractivity contribution >= 4 is 0 Å². The molecule has 5 N–H and O–H groups in total. The van der Waals surface area contributed by atoms with E-state index < -0.39 is 39.8 Å². The molecule has 3 saturated carbocycles. The van der Waals surface area contributed by atoms with Gasteiger partial charge in [-0.1, -0.05) is 53.7 Å². The van der Waals surface area contributed by atoms with Gasteiger partial charge in [0.1, 0.15) is 11.7 Å². The highest BCUT2D eigenvalue weighted by atomic mass is 16.4. The van der Waals surface area contributed by atoms with Gasteiger partial charge in [-0.3, -0.25) is 0 Å². The number of hydrogen-bond donors (Lipinski definition) is 5. The molecule has 3 fully saturated rings. The van der Waals surface area contributed by atoms with Gasteiger partial charge in [0.15, 0.2) is 0 Å². The average molecular weight is 463 g/mol. The summed E-state index contributed by atoms with van der Waals surface area (Å²) in [5, 5.41) is 57.4. The van der Waals surface area contributed by atoms with E-state index in [1.165, 1.54) is 0 Å². The van der Waals surface area contributed by atoms with Crippen molar-refractivity contribution in [2.45, 2.75) is 115 Å². The van der Waals surface area contributed by atoms with Gasteiger partial charge in [0, 0.05) is 17.3 Å². The van der Waals surface area contributed by atoms with Crippen molar-refractivity contribution in [1.29, 1.82) is 0 Å². The lowest BCUT2D eigenvalue weighted by molar-refractivity contribution is -0.269. The molecular weight excluding hydrogens is 416 g/mol. The van der Waals surface area contributed by atoms with Crippen LogP contribution in [0.4, 0.5) is 0 Å². The molecule has 0 aromatic heterocycles. The van der Waals surface area contributed by atoms with Crippen LogP contribution < -0.4 is 0 Å². The van der Waals surface area contributed by atoms with Crippen LogP contribution in [0, 0.1) is 34.5 Å². The first-order chi connectivity index (χ1) is 15.2. The van der Waals surface area contributed by atoms with Gasteiger partial charge in [-0.25, -0.2) is 0 Å². The third kappa shape index (κ3) is 3.22. The van der Waals surface area contributed by atoms with Crippen LogP contribution in [0.15, 0.2) is 23.8 Å². The molecular formula is C28H46O5. The van der Waals surface area contributed by atoms with Crippen LogP contribution in [0.25, 0.3) is 0 Å². The summed E-state index contributed by atoms with van der Waals surface area (Å²) >= 11 is 0. The monoisotopic (exact) mass is 462 g/mol. The summed E-state index contributed by atoms with van der Waals surface area (Å²) in [5.41, 5.74) is -5.19. The van der Waals surface area contributed by atoms with E-state index in [0.717, 1.165) is 6.42 Å². The van der Waals surface area contributed by atoms with E-state index >= 15 is 0 Å². The zero-order chi connectivity index (χ0) is 24.6. The van der Waals surface area contributed by atoms with Gasteiger partial charge in [0.2, 0.25) is 0 Å². The molecule has 0 unspecified atom stereocenters. The summed E-state index contributed by atoms with van der Waals surface area (Å²) in [4.78, 5) is 0. The quantitative estimate of drug-likeness (QED) is 0.410. The summed E-state index contributed by atoms with van der Waals surface area (Å²) < 4.78 is 0. The molecule has 0 heterocycles. The first-order valence-corrected chi connectivity index (χ1v) is 13.1. The van der Waals surface area contributed by atoms with E-state index in [0.29, 0.717) is 55.4 Å². The Morgan fingerprint density at radius 2 is 1.55 bits per heavy atom. The Hall–Kier alpha value is -0.720. The standard InChI is InChI=1S/C28H46O5/c1-17(2)18(3)7-8-19(4)21-10-12-26(31)22-15-23(30)28(33)16-20(29)9-11-25(28,6)27(22,32)14-13-24(21,26)5/h7-8,15,17-21,23,29-33H,9-14,16H2,1-6H3/t18-,19+,20-,21+,23+,24+,25+,26+,27+,28-/m0/s1. The third-order valence-electron chi connectivity index (χ3n) is 11.1. The Bertz CT molecular complexity index is 836. The number of rotatable bonds is 4. The molecule has 0 aliphatic heterocycles. The van der Waals surface area contributed by atoms with Crippen LogP contribution >= 0.6 is 0 Å². The molecule has 4 rings (SSSR count). The summed E-state index contributed by atoms with van der Waals surface area (Å²) in [6.07, 6.45) is 7.61. The predicted octanol–water partition coefficient (Wildman–Crippen LogP) is 3.73. The highest BCUT2D eigenvalue weighted by Gasteiger charge is 2.74. The predicted molar refractivity (Wildman–Crippen MR) is 129 cm³/mol. The molecule has 5 heteroatoms. The van der Waals surface area contributed by atoms with Gasteiger partial charge in [-0.15, -0.1) is 0 Å². The van der Waals surface area contributed by atoms with Gasteiger partial charge in [-0.2, -0.15) is 0 Å². The zero-order valence-corrected chi connectivity index (χ0v) is 21.4. The molecule has 5 nitrogen and oxygen atoms in total. The van der Waals surface area contributed by atoms with Crippen LogP contribution in [0.3, 0.4) is 0 Å². The number of fused-ring (bicyclic) bond motifs is 5. The number of aliphatic hydroxyl groups is 5. The van der Waals surface area contributed by atoms with Crippen LogP contribution in [0.1, 0.15) is 86.5 Å². The van der Waals surface area contributed by atoms with Crippen LogP contribution in [-0.2, 0) is 0 Å². The fourth-order valence-corrected chi connectivity index (χ4v) is 8.09. The first-order valence-electron chi connectivity index (χ1n) is 13.1. The highest BCUT2D eigenvalue weighted by molar-refractivity contribution is 5.45. The lowest BCUT2D eigenvalue weighted by atomic mass is 9.42. The molecule has 0 radical (unpaired) electrons. The topological polar surface area (TPSA) is 101 Å². The Balaban J connectivity index is 1.72. The second kappa shape index (κ2) is 7.89. The Morgan fingerprint density at radius 3 is 2.18 bits per heavy atom. The summed E-state index contributed by atoms with van der Waals surface area (Å²) in [5.74, 6) is 1.63. The molecule has 10 atom stereocenters. The molecule has 33 heavy (non-hydrogen) atoms. The van der Waals surface area contributed by atoms with E-state index in [-0.39, 0.29) is 12.3 Å². The van der Waals surface area contributed by atoms with Crippen molar-refractivity contribution in [2.24, 2.45) is 34.5 Å². The maximum atomic E-state index is 12.3. The minimum atomic E-state index is -1.62. The summed E-state index contributed by atoms with van der Waals surface area (Å²) in [6.45, 7) is 12.9. The van der Waals surface area contributed by atoms with E-state index in [9.17, 15) is 25.5 Å². The largest absolute Gasteiger partial charge is 0.393 e. The lowest BCUT2D eigenvalue weighted by Crippen LogP contribution is -2.75. The number of hydrogen-bond acceptors (Lipinski definition) is 5. The van der Waals surface area contributed by atoms with Crippen molar-refractivity contribution in [3.63, 3.8) is 0 Å². The molecule has 0 spiro atoms. The third-order valence-corrected chi connectivity index (χ3v) is 11.1. The van der Waals surface area contributed by atoms with Crippen molar-refractivity contribution < 1.29 is 25.5 Å². The SMILES string of the molecule is CC(C)[C@@H](C)C=C[C@@H](C)[C@H]1CC[C@@]2(O)C3=C[C@@H](O)[C@@]4(O)C[C@@H](O)CC[C@]4(C)[C@@]3(O)CC[C@]12C. The molecule has 0 amide bonds. The Labute approximate surface area is 199 Å². The minimum absolute atomic E-state index is 0.0327. The van der Waals surface area contributed by atoms with Crippen LogP contribution in [-0.4, -0.2) is 54.5 Å². The molecule has 4 aliphatic carbocycles. The molecule has 0 saturated heterocycles. The molecule has 188 valence electrons. The van der Waals surface area contributed by atoms with Crippen LogP contribution in [0.5, 0.6) is 0 Å². The number of allylic oxidation sites excluding steroid dienone is 2. The van der Waals surface area contributed by atoms with E-state index in [2.05, 4.69) is 46.8 Å². The summed E-state index contributed by atoms with van der Waals surface area (Å²) in [6, 6.07) is 0. The molecule has 0 aromatic rings. The zero-order valence-electron chi connectivity index (χ0n) is 21.4. The fraction of sp³-hybridized carbons (Fsp3) is 0.857. The lowest BCUT2D eigenvalue weighted by Gasteiger charge is -2.67. The number of aliphatic hydroxyl groups excluding tert-OH is 2. The average Bonchev–Trinajstić information content (AvgIpc) is 3.02. The van der Waals surface area contributed by atoms with Gasteiger partial charge in [0.05, 0.1) is 17.3 Å². The van der Waals surface area contributed by atoms with Gasteiger partial charge >= 0.3 is 0 Å². The first kappa shape index (κ1) is 25.4. The second-order valence-corrected chi connectivity index (χ2v) is 12.8. The molecule has 4 aliphatic rings. The molecule has 0 bridgehead atoms. The van der Waals surface area contributed by atoms with Crippen LogP contribution in [0.2, 0.25) is 0 Å². The van der Waals surface area contributed by atoms with Gasteiger partial charge in [-0.05, 0) is 73.8 Å². The maximum Gasteiger partial charge on any atom is 0.105 e. The van der Waals surface area contributed by atoms with E-state index in [1.54, 1.807) is 6.08 Å². The van der Waals surface area contributed by atoms with Crippen molar-refractivity contribution in [1.82, 2.24) is 0 Å². The van der Waals surface area contributed by atoms with Gasteiger partial charge < -0.3 is 25.5 Å². The van der Waals surface area contributed by atoms with Crippen molar-refractivity contribution in [3.05, 3.63) is 23.8 Å². The van der Waals surface area contributed by atoms with Gasteiger partial charge in [0.25, 0.3) is 0 Å². The smallest absolute Gasteiger partial charge is 0.105 e. The molecule has 0 aromatic carbocycles. The second-order valence-electron chi connectivity index (χ2n) is 12.8. The fourth-order valence-electron chi connectivity index (χ4n) is 8.09. The van der Waals surface area contributed by atoms with E-state index in [4.69, 9.17) is 0 Å². The Morgan fingerprint density at radius 1 is 0.879 bits per heavy atom. The summed E-state index contributed by atoms with van der Waals surface area (Å²) in [7, 11) is 0. The minimum Gasteiger partial charge on any atom is -0.393 e.